The fourth-order valence-corrected chi connectivity index (χ4v) is 1.46. The lowest BCUT2D eigenvalue weighted by atomic mass is 10.3. The summed E-state index contributed by atoms with van der Waals surface area (Å²) in [7, 11) is 1.55. The summed E-state index contributed by atoms with van der Waals surface area (Å²) in [4.78, 5) is 10.2. The minimum atomic E-state index is -0.454. The molecule has 15 heavy (non-hydrogen) atoms. The summed E-state index contributed by atoms with van der Waals surface area (Å²) >= 11 is 2.02. The van der Waals surface area contributed by atoms with Crippen molar-refractivity contribution in [3.05, 3.63) is 31.9 Å². The lowest BCUT2D eigenvalue weighted by molar-refractivity contribution is -0.386. The number of methoxy groups -OCH3 is 1. The molecule has 0 aliphatic heterocycles. The van der Waals surface area contributed by atoms with Crippen LogP contribution in [0.15, 0.2) is 18.2 Å². The van der Waals surface area contributed by atoms with E-state index in [0.717, 1.165) is 3.57 Å². The molecular weight excluding hydrogens is 313 g/mol. The van der Waals surface area contributed by atoms with E-state index in [1.807, 2.05) is 22.6 Å². The molecule has 0 atom stereocenters. The molecule has 1 aromatic carbocycles. The molecule has 0 fully saturated rings. The van der Waals surface area contributed by atoms with Gasteiger partial charge in [-0.2, -0.15) is 0 Å². The Morgan fingerprint density at radius 2 is 2.20 bits per heavy atom. The molecule has 0 saturated carbocycles. The van der Waals surface area contributed by atoms with Crippen LogP contribution in [0.5, 0.6) is 5.75 Å². The molecule has 0 N–H and O–H groups in total. The zero-order valence-electron chi connectivity index (χ0n) is 8.10. The molecule has 82 valence electrons. The average Bonchev–Trinajstić information content (AvgIpc) is 2.20. The molecule has 0 bridgehead atoms. The van der Waals surface area contributed by atoms with Crippen LogP contribution in [0.1, 0.15) is 0 Å². The largest absolute Gasteiger partial charge is 0.484 e. The predicted octanol–water partition coefficient (Wildman–Crippen LogP) is 2.22. The zero-order chi connectivity index (χ0) is 11.3. The third-order valence-corrected chi connectivity index (χ3v) is 2.33. The topological polar surface area (TPSA) is 61.6 Å². The van der Waals surface area contributed by atoms with Crippen molar-refractivity contribution < 1.29 is 14.4 Å². The van der Waals surface area contributed by atoms with Gasteiger partial charge in [0.1, 0.15) is 6.61 Å². The van der Waals surface area contributed by atoms with Gasteiger partial charge >= 0.3 is 5.69 Å². The highest BCUT2D eigenvalue weighted by molar-refractivity contribution is 14.1. The molecule has 0 aliphatic carbocycles. The zero-order valence-corrected chi connectivity index (χ0v) is 10.3. The van der Waals surface area contributed by atoms with Gasteiger partial charge in [0.2, 0.25) is 0 Å². The Balaban J connectivity index is 2.81. The molecule has 0 radical (unpaired) electrons. The van der Waals surface area contributed by atoms with Crippen LogP contribution in [0.2, 0.25) is 0 Å². The first-order chi connectivity index (χ1) is 7.15. The van der Waals surface area contributed by atoms with Crippen LogP contribution < -0.4 is 4.74 Å². The lowest BCUT2D eigenvalue weighted by Gasteiger charge is -2.05. The van der Waals surface area contributed by atoms with Crippen molar-refractivity contribution in [2.75, 3.05) is 20.3 Å². The molecule has 1 aromatic rings. The number of halogens is 1. The summed E-state index contributed by atoms with van der Waals surface area (Å²) in [5.41, 5.74) is -0.0157. The maximum absolute atomic E-state index is 10.7. The van der Waals surface area contributed by atoms with E-state index in [2.05, 4.69) is 0 Å². The number of nitro benzene ring substituents is 1. The van der Waals surface area contributed by atoms with Crippen molar-refractivity contribution in [1.29, 1.82) is 0 Å². The fraction of sp³-hybridized carbons (Fsp3) is 0.333. The molecule has 0 saturated heterocycles. The quantitative estimate of drug-likeness (QED) is 0.361. The first-order valence-corrected chi connectivity index (χ1v) is 5.28. The van der Waals surface area contributed by atoms with Crippen molar-refractivity contribution in [2.24, 2.45) is 0 Å². The maximum Gasteiger partial charge on any atom is 0.311 e. The predicted molar refractivity (Wildman–Crippen MR) is 63.2 cm³/mol. The van der Waals surface area contributed by atoms with Crippen molar-refractivity contribution in [1.82, 2.24) is 0 Å². The summed E-state index contributed by atoms with van der Waals surface area (Å²) < 4.78 is 10.8. The highest BCUT2D eigenvalue weighted by Crippen LogP contribution is 2.28. The molecule has 1 rings (SSSR count). The van der Waals surface area contributed by atoms with Gasteiger partial charge in [0.25, 0.3) is 0 Å². The number of hydrogen-bond acceptors (Lipinski definition) is 4. The van der Waals surface area contributed by atoms with E-state index < -0.39 is 4.92 Å². The maximum atomic E-state index is 10.7. The lowest BCUT2D eigenvalue weighted by Crippen LogP contribution is -2.05. The Morgan fingerprint density at radius 3 is 2.80 bits per heavy atom. The number of nitrogens with zero attached hydrogens (tertiary/aromatic N) is 1. The summed E-state index contributed by atoms with van der Waals surface area (Å²) in [5.74, 6) is 0.275. The minimum absolute atomic E-state index is 0.0157. The molecule has 0 amide bonds. The Morgan fingerprint density at radius 1 is 1.47 bits per heavy atom. The monoisotopic (exact) mass is 323 g/mol. The summed E-state index contributed by atoms with van der Waals surface area (Å²) in [5, 5.41) is 10.7. The molecule has 5 nitrogen and oxygen atoms in total. The van der Waals surface area contributed by atoms with E-state index in [1.54, 1.807) is 19.2 Å². The normalized spacial score (nSPS) is 10.0. The summed E-state index contributed by atoms with van der Waals surface area (Å²) in [6.45, 7) is 0.709. The second kappa shape index (κ2) is 5.86. The SMILES string of the molecule is COCCOc1ccc(I)cc1[N+](=O)[O-]. The number of benzene rings is 1. The van der Waals surface area contributed by atoms with Crippen LogP contribution in [0.25, 0.3) is 0 Å². The van der Waals surface area contributed by atoms with E-state index in [4.69, 9.17) is 9.47 Å². The van der Waals surface area contributed by atoms with Crippen LogP contribution >= 0.6 is 22.6 Å². The third-order valence-electron chi connectivity index (χ3n) is 1.66. The van der Waals surface area contributed by atoms with Gasteiger partial charge in [-0.3, -0.25) is 10.1 Å². The summed E-state index contributed by atoms with van der Waals surface area (Å²) in [6, 6.07) is 4.83. The van der Waals surface area contributed by atoms with Crippen LogP contribution in [-0.2, 0) is 4.74 Å². The number of ether oxygens (including phenoxy) is 2. The van der Waals surface area contributed by atoms with Crippen molar-refractivity contribution >= 4 is 28.3 Å². The van der Waals surface area contributed by atoms with Crippen LogP contribution in [0.4, 0.5) is 5.69 Å². The van der Waals surface area contributed by atoms with Gasteiger partial charge in [0.15, 0.2) is 5.75 Å². The standard InChI is InChI=1S/C9H10INO4/c1-14-4-5-15-9-3-2-7(10)6-8(9)11(12)13/h2-3,6H,4-5H2,1H3. The van der Waals surface area contributed by atoms with Gasteiger partial charge in [0, 0.05) is 16.7 Å². The Labute approximate surface area is 101 Å². The van der Waals surface area contributed by atoms with E-state index in [9.17, 15) is 10.1 Å². The van der Waals surface area contributed by atoms with Crippen molar-refractivity contribution in [2.45, 2.75) is 0 Å². The molecule has 0 heterocycles. The van der Waals surface area contributed by atoms with Gasteiger partial charge in [-0.05, 0) is 34.7 Å². The molecule has 6 heteroatoms. The van der Waals surface area contributed by atoms with Gasteiger partial charge in [-0.15, -0.1) is 0 Å². The van der Waals surface area contributed by atoms with Crippen LogP contribution in [0.3, 0.4) is 0 Å². The number of nitro groups is 1. The molecule has 0 unspecified atom stereocenters. The van der Waals surface area contributed by atoms with E-state index >= 15 is 0 Å². The van der Waals surface area contributed by atoms with Gasteiger partial charge in [0.05, 0.1) is 11.5 Å². The number of hydrogen-bond donors (Lipinski definition) is 0. The van der Waals surface area contributed by atoms with Gasteiger partial charge < -0.3 is 9.47 Å². The Hall–Kier alpha value is -0.890. The molecular formula is C9H10INO4. The third kappa shape index (κ3) is 3.63. The second-order valence-electron chi connectivity index (χ2n) is 2.71. The second-order valence-corrected chi connectivity index (χ2v) is 3.96. The van der Waals surface area contributed by atoms with Gasteiger partial charge in [-0.1, -0.05) is 0 Å². The molecule has 0 aliphatic rings. The fourth-order valence-electron chi connectivity index (χ4n) is 0.990. The molecule has 0 aromatic heterocycles. The first-order valence-electron chi connectivity index (χ1n) is 4.21. The van der Waals surface area contributed by atoms with Gasteiger partial charge in [-0.25, -0.2) is 0 Å². The van der Waals surface area contributed by atoms with Crippen LogP contribution in [0, 0.1) is 13.7 Å². The van der Waals surface area contributed by atoms with E-state index in [0.29, 0.717) is 13.2 Å². The van der Waals surface area contributed by atoms with Crippen LogP contribution in [-0.4, -0.2) is 25.2 Å². The Bertz CT molecular complexity index is 356. The highest BCUT2D eigenvalue weighted by atomic mass is 127. The van der Waals surface area contributed by atoms with E-state index in [-0.39, 0.29) is 11.4 Å². The Kier molecular flexibility index (Phi) is 4.76. The minimum Gasteiger partial charge on any atom is -0.484 e. The number of rotatable bonds is 5. The van der Waals surface area contributed by atoms with E-state index in [1.165, 1.54) is 6.07 Å². The summed E-state index contributed by atoms with van der Waals surface area (Å²) in [6.07, 6.45) is 0. The molecule has 0 spiro atoms. The first kappa shape index (κ1) is 12.2. The highest BCUT2D eigenvalue weighted by Gasteiger charge is 2.14. The van der Waals surface area contributed by atoms with Crippen molar-refractivity contribution in [3.63, 3.8) is 0 Å². The van der Waals surface area contributed by atoms with Crippen molar-refractivity contribution in [3.8, 4) is 5.75 Å². The average molecular weight is 323 g/mol. The smallest absolute Gasteiger partial charge is 0.311 e.